The van der Waals surface area contributed by atoms with Crippen LogP contribution in [0.3, 0.4) is 0 Å². The molecule has 4 nitrogen and oxygen atoms in total. The van der Waals surface area contributed by atoms with E-state index in [1.54, 1.807) is 30.3 Å². The Morgan fingerprint density at radius 1 is 0.800 bits per heavy atom. The first-order chi connectivity index (χ1) is 9.59. The fraction of sp³-hybridized carbons (Fsp3) is 0. The first-order valence-electron chi connectivity index (χ1n) is 5.76. The van der Waals surface area contributed by atoms with Crippen molar-refractivity contribution in [1.29, 1.82) is 0 Å². The summed E-state index contributed by atoms with van der Waals surface area (Å²) in [5.41, 5.74) is 12.6. The summed E-state index contributed by atoms with van der Waals surface area (Å²) in [6.45, 7) is 0. The number of hydrogen-bond acceptors (Lipinski definition) is 4. The van der Waals surface area contributed by atoms with Gasteiger partial charge in [-0.3, -0.25) is 0 Å². The predicted molar refractivity (Wildman–Crippen MR) is 78.8 cm³/mol. The smallest absolute Gasteiger partial charge is 0.154 e. The molecular formula is C16H12N2O2. The Kier molecular flexibility index (Phi) is 3.70. The van der Waals surface area contributed by atoms with Crippen LogP contribution in [0.15, 0.2) is 36.4 Å². The van der Waals surface area contributed by atoms with E-state index in [0.717, 1.165) is 0 Å². The Bertz CT molecular complexity index is 707. The summed E-state index contributed by atoms with van der Waals surface area (Å²) in [6, 6.07) is 9.73. The van der Waals surface area contributed by atoms with Crippen LogP contribution in [0.4, 0.5) is 11.4 Å². The van der Waals surface area contributed by atoms with Crippen LogP contribution in [-0.2, 0) is 0 Å². The Balaban J connectivity index is 2.27. The molecule has 0 fully saturated rings. The highest BCUT2D eigenvalue weighted by Crippen LogP contribution is 2.23. The third-order valence-corrected chi connectivity index (χ3v) is 2.61. The quantitative estimate of drug-likeness (QED) is 0.331. The van der Waals surface area contributed by atoms with Gasteiger partial charge in [-0.15, -0.1) is 0 Å². The van der Waals surface area contributed by atoms with Crippen molar-refractivity contribution < 1.29 is 10.2 Å². The lowest BCUT2D eigenvalue weighted by atomic mass is 10.1. The largest absolute Gasteiger partial charge is 0.506 e. The number of phenols is 2. The van der Waals surface area contributed by atoms with E-state index in [4.69, 9.17) is 11.5 Å². The molecule has 2 aromatic carbocycles. The van der Waals surface area contributed by atoms with Gasteiger partial charge >= 0.3 is 0 Å². The van der Waals surface area contributed by atoms with Gasteiger partial charge in [-0.05, 0) is 42.0 Å². The van der Waals surface area contributed by atoms with Crippen LogP contribution in [-0.4, -0.2) is 10.2 Å². The molecule has 2 rings (SSSR count). The first kappa shape index (κ1) is 13.2. The number of benzene rings is 2. The average Bonchev–Trinajstić information content (AvgIpc) is 2.43. The molecule has 0 aromatic heterocycles. The number of phenolic OH excluding ortho intramolecular Hbond substituents is 2. The average molecular weight is 264 g/mol. The van der Waals surface area contributed by atoms with Crippen molar-refractivity contribution in [3.63, 3.8) is 0 Å². The van der Waals surface area contributed by atoms with E-state index in [9.17, 15) is 10.2 Å². The van der Waals surface area contributed by atoms with Crippen LogP contribution in [0, 0.1) is 23.7 Å². The Hall–Kier alpha value is -3.24. The topological polar surface area (TPSA) is 92.5 Å². The van der Waals surface area contributed by atoms with Gasteiger partial charge in [0.15, 0.2) is 5.75 Å². The summed E-state index contributed by atoms with van der Waals surface area (Å²) in [5, 5.41) is 19.1. The van der Waals surface area contributed by atoms with Gasteiger partial charge in [0.1, 0.15) is 5.75 Å². The molecule has 0 aliphatic heterocycles. The molecule has 20 heavy (non-hydrogen) atoms. The SMILES string of the molecule is Nc1cccc(C#CC#Cc2cccc(O)c2N)c1O. The number of nitrogens with two attached hydrogens (primary N) is 2. The Morgan fingerprint density at radius 3 is 2.15 bits per heavy atom. The van der Waals surface area contributed by atoms with Crippen LogP contribution in [0.25, 0.3) is 0 Å². The van der Waals surface area contributed by atoms with Crippen LogP contribution in [0.1, 0.15) is 11.1 Å². The summed E-state index contributed by atoms with van der Waals surface area (Å²) in [6.07, 6.45) is 0. The van der Waals surface area contributed by atoms with E-state index in [2.05, 4.69) is 23.7 Å². The monoisotopic (exact) mass is 264 g/mol. The molecular weight excluding hydrogens is 252 g/mol. The molecule has 0 radical (unpaired) electrons. The maximum atomic E-state index is 9.67. The van der Waals surface area contributed by atoms with Crippen molar-refractivity contribution in [3.05, 3.63) is 47.5 Å². The molecule has 0 spiro atoms. The van der Waals surface area contributed by atoms with Crippen LogP contribution in [0.5, 0.6) is 11.5 Å². The lowest BCUT2D eigenvalue weighted by molar-refractivity contribution is 0.476. The fourth-order valence-corrected chi connectivity index (χ4v) is 1.52. The van der Waals surface area contributed by atoms with Crippen molar-refractivity contribution in [2.75, 3.05) is 11.5 Å². The van der Waals surface area contributed by atoms with Gasteiger partial charge in [0, 0.05) is 0 Å². The zero-order chi connectivity index (χ0) is 14.5. The molecule has 0 aliphatic rings. The second-order valence-electron chi connectivity index (χ2n) is 3.98. The highest BCUT2D eigenvalue weighted by Gasteiger charge is 2.00. The van der Waals surface area contributed by atoms with Crippen molar-refractivity contribution in [2.24, 2.45) is 0 Å². The predicted octanol–water partition coefficient (Wildman–Crippen LogP) is 1.67. The van der Waals surface area contributed by atoms with E-state index >= 15 is 0 Å². The molecule has 0 unspecified atom stereocenters. The molecule has 0 atom stereocenters. The number of nitrogen functional groups attached to an aromatic ring is 2. The number of rotatable bonds is 0. The van der Waals surface area contributed by atoms with E-state index < -0.39 is 0 Å². The Labute approximate surface area is 116 Å². The number of para-hydroxylation sites is 2. The maximum Gasteiger partial charge on any atom is 0.154 e. The molecule has 0 saturated carbocycles. The van der Waals surface area contributed by atoms with E-state index in [1.807, 2.05) is 0 Å². The minimum atomic E-state index is -0.0568. The standard InChI is InChI=1S/C16H12N2O2/c17-13-9-3-8-12(16(13)20)6-2-1-5-11-7-4-10-14(19)15(11)18/h3-4,7-10,19-20H,17-18H2. The molecule has 4 heteroatoms. The summed E-state index contributed by atoms with van der Waals surface area (Å²) in [5.74, 6) is 10.6. The van der Waals surface area contributed by atoms with Gasteiger partial charge in [0.2, 0.25) is 0 Å². The fourth-order valence-electron chi connectivity index (χ4n) is 1.52. The van der Waals surface area contributed by atoms with Gasteiger partial charge in [0.05, 0.1) is 22.5 Å². The Morgan fingerprint density at radius 2 is 1.40 bits per heavy atom. The number of anilines is 2. The molecule has 0 heterocycles. The third-order valence-electron chi connectivity index (χ3n) is 2.61. The molecule has 0 aliphatic carbocycles. The number of aromatic hydroxyl groups is 2. The highest BCUT2D eigenvalue weighted by atomic mass is 16.3. The van der Waals surface area contributed by atoms with Crippen molar-refractivity contribution in [1.82, 2.24) is 0 Å². The minimum Gasteiger partial charge on any atom is -0.506 e. The normalized spacial score (nSPS) is 9.00. The lowest BCUT2D eigenvalue weighted by Crippen LogP contribution is -1.89. The zero-order valence-electron chi connectivity index (χ0n) is 10.5. The van der Waals surface area contributed by atoms with Crippen LogP contribution < -0.4 is 11.5 Å². The molecule has 0 amide bonds. The molecule has 2 aromatic rings. The second kappa shape index (κ2) is 5.60. The van der Waals surface area contributed by atoms with E-state index in [-0.39, 0.29) is 22.9 Å². The van der Waals surface area contributed by atoms with E-state index in [0.29, 0.717) is 11.1 Å². The van der Waals surface area contributed by atoms with Crippen LogP contribution in [0.2, 0.25) is 0 Å². The second-order valence-corrected chi connectivity index (χ2v) is 3.98. The summed E-state index contributed by atoms with van der Waals surface area (Å²) in [7, 11) is 0. The zero-order valence-corrected chi connectivity index (χ0v) is 10.5. The molecule has 0 bridgehead atoms. The van der Waals surface area contributed by atoms with Gasteiger partial charge in [0.25, 0.3) is 0 Å². The summed E-state index contributed by atoms with van der Waals surface area (Å²) < 4.78 is 0. The lowest BCUT2D eigenvalue weighted by Gasteiger charge is -1.99. The van der Waals surface area contributed by atoms with Gasteiger partial charge in [-0.2, -0.15) is 0 Å². The van der Waals surface area contributed by atoms with Gasteiger partial charge < -0.3 is 21.7 Å². The van der Waals surface area contributed by atoms with E-state index in [1.165, 1.54) is 6.07 Å². The molecule has 98 valence electrons. The minimum absolute atomic E-state index is 0.0155. The molecule has 0 saturated heterocycles. The van der Waals surface area contributed by atoms with Gasteiger partial charge in [-0.25, -0.2) is 0 Å². The first-order valence-corrected chi connectivity index (χ1v) is 5.76. The van der Waals surface area contributed by atoms with Crippen molar-refractivity contribution in [2.45, 2.75) is 0 Å². The molecule has 6 N–H and O–H groups in total. The van der Waals surface area contributed by atoms with Crippen LogP contribution >= 0.6 is 0 Å². The highest BCUT2D eigenvalue weighted by molar-refractivity contribution is 5.65. The van der Waals surface area contributed by atoms with Crippen molar-refractivity contribution in [3.8, 4) is 35.2 Å². The van der Waals surface area contributed by atoms with Gasteiger partial charge in [-0.1, -0.05) is 18.1 Å². The summed E-state index contributed by atoms with van der Waals surface area (Å²) >= 11 is 0. The number of hydrogen-bond donors (Lipinski definition) is 4. The van der Waals surface area contributed by atoms with Crippen molar-refractivity contribution >= 4 is 11.4 Å². The summed E-state index contributed by atoms with van der Waals surface area (Å²) in [4.78, 5) is 0. The third kappa shape index (κ3) is 2.77. The maximum absolute atomic E-state index is 9.67.